The predicted molar refractivity (Wildman–Crippen MR) is 197 cm³/mol. The van der Waals surface area contributed by atoms with Crippen LogP contribution < -0.4 is 10.1 Å². The number of likely N-dealkylation sites (N-methyl/N-ethyl adjacent to an activating group) is 1. The lowest BCUT2D eigenvalue weighted by molar-refractivity contribution is 0.0172. The van der Waals surface area contributed by atoms with Gasteiger partial charge in [0.15, 0.2) is 14.1 Å². The minimum atomic E-state index is -2.19. The lowest BCUT2D eigenvalue weighted by atomic mass is 10.0. The molecule has 0 bridgehead atoms. The summed E-state index contributed by atoms with van der Waals surface area (Å²) in [6.45, 7) is 24.9. The van der Waals surface area contributed by atoms with Gasteiger partial charge in [-0.15, -0.1) is 0 Å². The zero-order valence-electron chi connectivity index (χ0n) is 30.9. The fraction of sp³-hybridized carbons (Fsp3) is 0.611. The molecule has 0 radical (unpaired) electrons. The van der Waals surface area contributed by atoms with Gasteiger partial charge in [-0.1, -0.05) is 32.9 Å². The summed E-state index contributed by atoms with van der Waals surface area (Å²) >= 11 is 1.49. The molecule has 1 aromatic carbocycles. The van der Waals surface area contributed by atoms with Crippen molar-refractivity contribution in [3.8, 4) is 28.4 Å². The van der Waals surface area contributed by atoms with E-state index < -0.39 is 20.0 Å². The summed E-state index contributed by atoms with van der Waals surface area (Å²) < 4.78 is 29.0. The third-order valence-corrected chi connectivity index (χ3v) is 14.3. The van der Waals surface area contributed by atoms with Crippen molar-refractivity contribution in [3.63, 3.8) is 0 Å². The van der Waals surface area contributed by atoms with Crippen LogP contribution in [0, 0.1) is 20.8 Å². The van der Waals surface area contributed by atoms with Gasteiger partial charge in [-0.05, 0) is 96.2 Å². The van der Waals surface area contributed by atoms with Gasteiger partial charge in [-0.3, -0.25) is 0 Å². The van der Waals surface area contributed by atoms with Crippen LogP contribution in [0.2, 0.25) is 18.1 Å². The van der Waals surface area contributed by atoms with Gasteiger partial charge in [0.1, 0.15) is 23.8 Å². The van der Waals surface area contributed by atoms with Gasteiger partial charge < -0.3 is 28.9 Å². The van der Waals surface area contributed by atoms with E-state index in [0.29, 0.717) is 18.1 Å². The number of ether oxygens (including phenoxy) is 3. The molecule has 3 aromatic rings. The Bertz CT molecular complexity index is 1540. The van der Waals surface area contributed by atoms with Crippen LogP contribution in [0.3, 0.4) is 0 Å². The summed E-state index contributed by atoms with van der Waals surface area (Å²) in [7, 11) is -0.451. The highest BCUT2D eigenvalue weighted by Gasteiger charge is 2.40. The molecule has 48 heavy (non-hydrogen) atoms. The second-order valence-electron chi connectivity index (χ2n) is 15.3. The number of anilines is 1. The van der Waals surface area contributed by atoms with E-state index in [4.69, 9.17) is 28.6 Å². The van der Waals surface area contributed by atoms with Crippen LogP contribution >= 0.6 is 11.5 Å². The minimum absolute atomic E-state index is 0.0127. The van der Waals surface area contributed by atoms with E-state index >= 15 is 0 Å². The molecule has 1 saturated heterocycles. The zero-order chi connectivity index (χ0) is 35.4. The Morgan fingerprint density at radius 3 is 2.40 bits per heavy atom. The van der Waals surface area contributed by atoms with Crippen molar-refractivity contribution in [2.24, 2.45) is 0 Å². The van der Waals surface area contributed by atoms with E-state index in [1.165, 1.54) is 11.5 Å². The molecule has 1 aliphatic heterocycles. The SMILES string of the molecule is Cc1nsc(C)c1-c1nc(-c2cccc(OCC(CN(C)C(=O)OC(C)(C)C)O[Si](C)(C)C(C)(C)C)c2)nc(NC2CCOCC2)c1C. The molecule has 1 amide bonds. The molecular weight excluding hydrogens is 643 g/mol. The maximum atomic E-state index is 12.9. The Hall–Kier alpha value is -3.06. The van der Waals surface area contributed by atoms with E-state index in [9.17, 15) is 4.79 Å². The molecule has 10 nitrogen and oxygen atoms in total. The molecule has 1 N–H and O–H groups in total. The molecule has 0 saturated carbocycles. The number of nitrogens with one attached hydrogen (secondary N) is 1. The van der Waals surface area contributed by atoms with E-state index in [0.717, 1.165) is 64.8 Å². The smallest absolute Gasteiger partial charge is 0.410 e. The van der Waals surface area contributed by atoms with Crippen molar-refractivity contribution in [2.75, 3.05) is 38.7 Å². The Kier molecular flexibility index (Phi) is 12.0. The number of aryl methyl sites for hydroxylation is 2. The summed E-state index contributed by atoms with van der Waals surface area (Å²) in [6, 6.07) is 8.14. The average molecular weight is 698 g/mol. The molecule has 264 valence electrons. The number of nitrogens with zero attached hydrogens (tertiary/aromatic N) is 4. The van der Waals surface area contributed by atoms with Gasteiger partial charge in [-0.2, -0.15) is 4.37 Å². The van der Waals surface area contributed by atoms with Crippen LogP contribution in [0.15, 0.2) is 24.3 Å². The lowest BCUT2D eigenvalue weighted by Gasteiger charge is -2.40. The average Bonchev–Trinajstić information content (AvgIpc) is 3.33. The first-order valence-electron chi connectivity index (χ1n) is 16.9. The van der Waals surface area contributed by atoms with Gasteiger partial charge in [-0.25, -0.2) is 14.8 Å². The van der Waals surface area contributed by atoms with Crippen molar-refractivity contribution in [1.82, 2.24) is 19.2 Å². The van der Waals surface area contributed by atoms with Crippen molar-refractivity contribution in [3.05, 3.63) is 40.4 Å². The highest BCUT2D eigenvalue weighted by atomic mass is 32.1. The van der Waals surface area contributed by atoms with Crippen molar-refractivity contribution in [2.45, 2.75) is 111 Å². The number of aromatic nitrogens is 3. The number of amides is 1. The normalized spacial score (nSPS) is 15.2. The highest BCUT2D eigenvalue weighted by molar-refractivity contribution is 7.06. The summed E-state index contributed by atoms with van der Waals surface area (Å²) in [6.07, 6.45) is 1.10. The predicted octanol–water partition coefficient (Wildman–Crippen LogP) is 8.42. The quantitative estimate of drug-likeness (QED) is 0.198. The molecule has 0 aliphatic carbocycles. The molecule has 12 heteroatoms. The summed E-state index contributed by atoms with van der Waals surface area (Å²) in [5.74, 6) is 2.11. The lowest BCUT2D eigenvalue weighted by Crippen LogP contribution is -2.49. The molecule has 1 unspecified atom stereocenters. The van der Waals surface area contributed by atoms with Crippen molar-refractivity contribution < 1.29 is 23.4 Å². The first kappa shape index (κ1) is 37.8. The van der Waals surface area contributed by atoms with Crippen LogP contribution in [0.5, 0.6) is 5.75 Å². The van der Waals surface area contributed by atoms with Crippen molar-refractivity contribution >= 4 is 31.8 Å². The molecule has 2 aromatic heterocycles. The molecule has 3 heterocycles. The molecule has 4 rings (SSSR count). The molecule has 0 spiro atoms. The Balaban J connectivity index is 1.63. The highest BCUT2D eigenvalue weighted by Crippen LogP contribution is 2.38. The summed E-state index contributed by atoms with van der Waals surface area (Å²) in [5.41, 5.74) is 4.16. The topological polar surface area (TPSA) is 108 Å². The minimum Gasteiger partial charge on any atom is -0.491 e. The first-order chi connectivity index (χ1) is 22.3. The fourth-order valence-corrected chi connectivity index (χ4v) is 7.27. The van der Waals surface area contributed by atoms with Gasteiger partial charge in [0.05, 0.1) is 24.0 Å². The van der Waals surface area contributed by atoms with E-state index in [2.05, 4.69) is 57.4 Å². The largest absolute Gasteiger partial charge is 0.491 e. The van der Waals surface area contributed by atoms with Gasteiger partial charge in [0, 0.05) is 47.9 Å². The monoisotopic (exact) mass is 697 g/mol. The maximum Gasteiger partial charge on any atom is 0.410 e. The summed E-state index contributed by atoms with van der Waals surface area (Å²) in [4.78, 5) is 25.7. The Labute approximate surface area is 292 Å². The summed E-state index contributed by atoms with van der Waals surface area (Å²) in [5, 5.41) is 3.68. The van der Waals surface area contributed by atoms with Crippen LogP contribution in [-0.2, 0) is 13.9 Å². The molecule has 1 fully saturated rings. The van der Waals surface area contributed by atoms with Gasteiger partial charge in [0.25, 0.3) is 0 Å². The molecule has 1 aliphatic rings. The van der Waals surface area contributed by atoms with Crippen LogP contribution in [0.4, 0.5) is 10.6 Å². The third-order valence-electron chi connectivity index (χ3n) is 8.96. The van der Waals surface area contributed by atoms with Crippen LogP contribution in [0.1, 0.15) is 70.5 Å². The van der Waals surface area contributed by atoms with E-state index in [1.54, 1.807) is 11.9 Å². The Morgan fingerprint density at radius 1 is 1.10 bits per heavy atom. The third kappa shape index (κ3) is 9.77. The number of hydrogen-bond acceptors (Lipinski definition) is 10. The fourth-order valence-electron chi connectivity index (χ4n) is 5.24. The number of benzene rings is 1. The van der Waals surface area contributed by atoms with Gasteiger partial charge >= 0.3 is 6.09 Å². The van der Waals surface area contributed by atoms with E-state index in [1.807, 2.05) is 52.0 Å². The van der Waals surface area contributed by atoms with Crippen molar-refractivity contribution in [1.29, 1.82) is 0 Å². The van der Waals surface area contributed by atoms with Gasteiger partial charge in [0.2, 0.25) is 0 Å². The molecule has 1 atom stereocenters. The maximum absolute atomic E-state index is 12.9. The number of rotatable bonds is 11. The standard InChI is InChI=1S/C36H55N5O5SSi/c1-23-31(30-24(2)40-47-25(30)3)38-33(39-32(23)37-27-16-18-43-19-17-27)26-14-13-15-28(20-26)44-22-29(46-48(11,12)36(7,8)9)21-41(10)34(42)45-35(4,5)6/h13-15,20,27,29H,16-19,21-22H2,1-12H3,(H,37,38,39). The Morgan fingerprint density at radius 2 is 1.79 bits per heavy atom. The number of hydrogen-bond donors (Lipinski definition) is 1. The zero-order valence-corrected chi connectivity index (χ0v) is 32.8. The van der Waals surface area contributed by atoms with E-state index in [-0.39, 0.29) is 23.8 Å². The van der Waals surface area contributed by atoms with Crippen LogP contribution in [0.25, 0.3) is 22.6 Å². The first-order valence-corrected chi connectivity index (χ1v) is 20.5. The number of carbonyl (C=O) groups is 1. The molecular formula is C36H55N5O5SSi. The number of carbonyl (C=O) groups excluding carboxylic acids is 1. The van der Waals surface area contributed by atoms with Crippen LogP contribution in [-0.4, -0.2) is 84.8 Å². The second-order valence-corrected chi connectivity index (χ2v) is 21.0. The second kappa shape index (κ2) is 15.2.